The number of anilines is 1. The monoisotopic (exact) mass is 438 g/mol. The fourth-order valence-corrected chi connectivity index (χ4v) is 4.37. The average molecular weight is 438 g/mol. The van der Waals surface area contributed by atoms with Gasteiger partial charge in [0.15, 0.2) is 0 Å². The number of nitrogen functional groups attached to an aromatic ring is 1. The van der Waals surface area contributed by atoms with Crippen molar-refractivity contribution in [3.05, 3.63) is 34.7 Å². The van der Waals surface area contributed by atoms with E-state index in [9.17, 15) is 10.1 Å². The number of hydrogen-bond donors (Lipinski definition) is 2. The Kier molecular flexibility index (Phi) is 6.42. The van der Waals surface area contributed by atoms with Crippen LogP contribution in [-0.2, 0) is 27.3 Å². The predicted molar refractivity (Wildman–Crippen MR) is 114 cm³/mol. The number of ether oxygens (including phenoxy) is 1. The van der Waals surface area contributed by atoms with Crippen molar-refractivity contribution in [2.24, 2.45) is 5.92 Å². The first-order valence-electron chi connectivity index (χ1n) is 10.9. The fraction of sp³-hybridized carbons (Fsp3) is 0.478. The number of rotatable bonds is 3. The summed E-state index contributed by atoms with van der Waals surface area (Å²) < 4.78 is 12.0. The van der Waals surface area contributed by atoms with Crippen LogP contribution in [0.5, 0.6) is 0 Å². The number of hydrogen-bond acceptors (Lipinski definition) is 7. The first-order valence-corrected chi connectivity index (χ1v) is 10.9. The highest BCUT2D eigenvalue weighted by Gasteiger charge is 2.36. The molecule has 1 saturated carbocycles. The summed E-state index contributed by atoms with van der Waals surface area (Å²) >= 11 is 0. The normalized spacial score (nSPS) is 19.8. The smallest absolute Gasteiger partial charge is 0.290 e. The van der Waals surface area contributed by atoms with Gasteiger partial charge in [-0.05, 0) is 44.2 Å². The van der Waals surface area contributed by atoms with Crippen LogP contribution in [0.25, 0.3) is 11.3 Å². The molecule has 1 atom stereocenters. The molecule has 168 valence electrons. The second-order valence-corrected chi connectivity index (χ2v) is 8.23. The average Bonchev–Trinajstić information content (AvgIpc) is 3.55. The van der Waals surface area contributed by atoms with Crippen molar-refractivity contribution in [2.45, 2.75) is 51.2 Å². The molecule has 1 unspecified atom stereocenters. The lowest BCUT2D eigenvalue weighted by Crippen LogP contribution is -2.37. The standard InChI is InChI=1S/C22H24N4O3.CH2O2/c23-11-14-20(19-7-6-18(29-19)17-3-1-2-10-28-17)15-12-26(22(27)13-4-5-13)9-8-16(15)25-21(14)24;2-1-3/h6-7,13,17H,1-5,8-10,12H2,(H2,24,25);1H,(H,2,3). The molecule has 0 radical (unpaired) electrons. The summed E-state index contributed by atoms with van der Waals surface area (Å²) in [7, 11) is 0. The molecule has 1 aliphatic carbocycles. The number of aromatic nitrogens is 1. The van der Waals surface area contributed by atoms with Crippen molar-refractivity contribution in [3.63, 3.8) is 0 Å². The summed E-state index contributed by atoms with van der Waals surface area (Å²) in [4.78, 5) is 27.3. The van der Waals surface area contributed by atoms with Crippen LogP contribution in [0.2, 0.25) is 0 Å². The third kappa shape index (κ3) is 4.32. The van der Waals surface area contributed by atoms with Gasteiger partial charge in [0.1, 0.15) is 35.1 Å². The maximum atomic E-state index is 12.6. The van der Waals surface area contributed by atoms with E-state index in [-0.39, 0.29) is 30.2 Å². The number of furan rings is 1. The minimum Gasteiger partial charge on any atom is -0.483 e. The molecule has 5 rings (SSSR count). The number of nitrogens with two attached hydrogens (primary N) is 1. The molecule has 3 N–H and O–H groups in total. The molecule has 32 heavy (non-hydrogen) atoms. The lowest BCUT2D eigenvalue weighted by molar-refractivity contribution is -0.133. The van der Waals surface area contributed by atoms with Crippen LogP contribution in [0, 0.1) is 17.2 Å². The molecule has 2 aromatic heterocycles. The molecule has 4 heterocycles. The Hall–Kier alpha value is -3.38. The fourth-order valence-electron chi connectivity index (χ4n) is 4.37. The second kappa shape index (κ2) is 9.40. The number of pyridine rings is 1. The van der Waals surface area contributed by atoms with Crippen LogP contribution in [0.1, 0.15) is 60.8 Å². The minimum atomic E-state index is -0.250. The molecule has 9 nitrogen and oxygen atoms in total. The second-order valence-electron chi connectivity index (χ2n) is 8.23. The quantitative estimate of drug-likeness (QED) is 0.696. The van der Waals surface area contributed by atoms with E-state index in [0.717, 1.165) is 55.7 Å². The van der Waals surface area contributed by atoms with Gasteiger partial charge in [-0.25, -0.2) is 4.98 Å². The molecule has 0 aromatic carbocycles. The maximum absolute atomic E-state index is 12.6. The number of nitrogens with zero attached hydrogens (tertiary/aromatic N) is 3. The predicted octanol–water partition coefficient (Wildman–Crippen LogP) is 3.03. The van der Waals surface area contributed by atoms with Crippen molar-refractivity contribution >= 4 is 18.2 Å². The van der Waals surface area contributed by atoms with Crippen molar-refractivity contribution < 1.29 is 23.8 Å². The number of amides is 1. The number of nitriles is 1. The zero-order chi connectivity index (χ0) is 22.7. The lowest BCUT2D eigenvalue weighted by atomic mass is 9.94. The first kappa shape index (κ1) is 21.8. The number of carbonyl (C=O) groups excluding carboxylic acids is 1. The molecule has 1 amide bonds. The Morgan fingerprint density at radius 3 is 2.75 bits per heavy atom. The van der Waals surface area contributed by atoms with Gasteiger partial charge in [-0.1, -0.05) is 0 Å². The number of fused-ring (bicyclic) bond motifs is 1. The van der Waals surface area contributed by atoms with Crippen LogP contribution >= 0.6 is 0 Å². The van der Waals surface area contributed by atoms with E-state index in [1.54, 1.807) is 0 Å². The zero-order valence-electron chi connectivity index (χ0n) is 17.7. The van der Waals surface area contributed by atoms with Gasteiger partial charge in [0.25, 0.3) is 6.47 Å². The molecule has 1 saturated heterocycles. The molecule has 2 aromatic rings. The van der Waals surface area contributed by atoms with E-state index in [1.807, 2.05) is 17.0 Å². The van der Waals surface area contributed by atoms with E-state index in [2.05, 4.69) is 11.1 Å². The third-order valence-corrected chi connectivity index (χ3v) is 6.10. The molecular weight excluding hydrogens is 412 g/mol. The van der Waals surface area contributed by atoms with Crippen molar-refractivity contribution in [1.29, 1.82) is 5.26 Å². The number of carbonyl (C=O) groups is 2. The van der Waals surface area contributed by atoms with Gasteiger partial charge in [-0.2, -0.15) is 5.26 Å². The molecule has 2 aliphatic heterocycles. The summed E-state index contributed by atoms with van der Waals surface area (Å²) in [6.45, 7) is 1.57. The van der Waals surface area contributed by atoms with Gasteiger partial charge < -0.3 is 24.9 Å². The van der Waals surface area contributed by atoms with Crippen LogP contribution < -0.4 is 5.73 Å². The highest BCUT2D eigenvalue weighted by molar-refractivity contribution is 5.82. The first-order chi connectivity index (χ1) is 15.6. The third-order valence-electron chi connectivity index (χ3n) is 6.10. The molecular formula is C23H26N4O5. The van der Waals surface area contributed by atoms with Gasteiger partial charge in [0.2, 0.25) is 5.91 Å². The summed E-state index contributed by atoms with van der Waals surface area (Å²) in [6, 6.07) is 6.00. The van der Waals surface area contributed by atoms with Gasteiger partial charge in [0, 0.05) is 43.2 Å². The van der Waals surface area contributed by atoms with Gasteiger partial charge in [0.05, 0.1) is 5.69 Å². The van der Waals surface area contributed by atoms with Gasteiger partial charge in [-0.3, -0.25) is 9.59 Å². The van der Waals surface area contributed by atoms with E-state index in [4.69, 9.17) is 24.8 Å². The van der Waals surface area contributed by atoms with Gasteiger partial charge in [-0.15, -0.1) is 0 Å². The highest BCUT2D eigenvalue weighted by Crippen LogP contribution is 2.39. The van der Waals surface area contributed by atoms with E-state index < -0.39 is 0 Å². The maximum Gasteiger partial charge on any atom is 0.290 e. The number of carboxylic acid groups (broad SMARTS) is 1. The van der Waals surface area contributed by atoms with Crippen molar-refractivity contribution in [1.82, 2.24) is 9.88 Å². The molecule has 2 fully saturated rings. The summed E-state index contributed by atoms with van der Waals surface area (Å²) in [5, 5.41) is 16.7. The van der Waals surface area contributed by atoms with E-state index >= 15 is 0 Å². The lowest BCUT2D eigenvalue weighted by Gasteiger charge is -2.30. The topological polar surface area (TPSA) is 143 Å². The van der Waals surface area contributed by atoms with Crippen LogP contribution in [0.4, 0.5) is 5.82 Å². The zero-order valence-corrected chi connectivity index (χ0v) is 17.7. The minimum absolute atomic E-state index is 0.0500. The summed E-state index contributed by atoms with van der Waals surface area (Å²) in [5.41, 5.74) is 8.83. The van der Waals surface area contributed by atoms with Crippen molar-refractivity contribution in [3.8, 4) is 17.4 Å². The Morgan fingerprint density at radius 2 is 2.09 bits per heavy atom. The summed E-state index contributed by atoms with van der Waals surface area (Å²) in [5.74, 6) is 1.95. The summed E-state index contributed by atoms with van der Waals surface area (Å²) in [6.07, 6.45) is 5.64. The molecule has 3 aliphatic rings. The SMILES string of the molecule is N#Cc1c(N)nc2c(c1-c1ccc(C3CCCCO3)o1)CN(C(=O)C1CC1)CC2.O=CO. The molecule has 0 bridgehead atoms. The van der Waals surface area contributed by atoms with Gasteiger partial charge >= 0.3 is 0 Å². The largest absolute Gasteiger partial charge is 0.483 e. The van der Waals surface area contributed by atoms with Crippen LogP contribution in [-0.4, -0.2) is 40.5 Å². The molecule has 0 spiro atoms. The van der Waals surface area contributed by atoms with Crippen LogP contribution in [0.3, 0.4) is 0 Å². The Bertz CT molecular complexity index is 1050. The van der Waals surface area contributed by atoms with E-state index in [0.29, 0.717) is 36.4 Å². The van der Waals surface area contributed by atoms with E-state index in [1.165, 1.54) is 0 Å². The van der Waals surface area contributed by atoms with Crippen LogP contribution in [0.15, 0.2) is 16.5 Å². The highest BCUT2D eigenvalue weighted by atomic mass is 16.5. The molecule has 9 heteroatoms. The van der Waals surface area contributed by atoms with Crippen molar-refractivity contribution in [2.75, 3.05) is 18.9 Å². The Balaban J connectivity index is 0.000000775. The Morgan fingerprint density at radius 1 is 1.31 bits per heavy atom. The Labute approximate surface area is 185 Å².